The summed E-state index contributed by atoms with van der Waals surface area (Å²) in [6, 6.07) is 6.28. The number of rotatable bonds is 3. The van der Waals surface area contributed by atoms with Crippen LogP contribution in [0.4, 0.5) is 0 Å². The molecule has 1 fully saturated rings. The molecule has 3 atom stereocenters. The minimum absolute atomic E-state index is 0.414. The third-order valence-corrected chi connectivity index (χ3v) is 6.83. The van der Waals surface area contributed by atoms with Crippen molar-refractivity contribution in [1.82, 2.24) is 0 Å². The molecule has 0 radical (unpaired) electrons. The Morgan fingerprint density at radius 3 is 2.57 bits per heavy atom. The van der Waals surface area contributed by atoms with Gasteiger partial charge < -0.3 is 4.74 Å². The van der Waals surface area contributed by atoms with Crippen LogP contribution in [0.3, 0.4) is 0 Å². The number of alkyl halides is 1. The molecule has 0 aromatic heterocycles. The first-order valence-corrected chi connectivity index (χ1v) is 9.48. The van der Waals surface area contributed by atoms with E-state index in [1.807, 2.05) is 6.07 Å². The smallest absolute Gasteiger partial charge is 0.119 e. The van der Waals surface area contributed by atoms with Crippen molar-refractivity contribution in [1.29, 1.82) is 0 Å². The number of hydrogen-bond donors (Lipinski definition) is 0. The lowest BCUT2D eigenvalue weighted by Crippen LogP contribution is -2.33. The minimum Gasteiger partial charge on any atom is -0.497 e. The SMILES string of the molecule is COc1ccc(Br)c(CC2CC(C(C)(C)C)CCC2Br)c1. The summed E-state index contributed by atoms with van der Waals surface area (Å²) < 4.78 is 6.56. The number of ether oxygens (including phenoxy) is 1. The molecule has 0 spiro atoms. The Hall–Kier alpha value is -0.0200. The zero-order valence-electron chi connectivity index (χ0n) is 13.5. The van der Waals surface area contributed by atoms with E-state index in [1.165, 1.54) is 29.3 Å². The van der Waals surface area contributed by atoms with Crippen molar-refractivity contribution in [2.75, 3.05) is 7.11 Å². The molecule has 1 aliphatic rings. The molecular weight excluding hydrogens is 392 g/mol. The fraction of sp³-hybridized carbons (Fsp3) is 0.667. The van der Waals surface area contributed by atoms with Crippen LogP contribution in [0.25, 0.3) is 0 Å². The molecule has 0 amide bonds. The van der Waals surface area contributed by atoms with E-state index in [1.54, 1.807) is 7.11 Å². The van der Waals surface area contributed by atoms with Crippen LogP contribution in [0, 0.1) is 17.3 Å². The quantitative estimate of drug-likeness (QED) is 0.530. The normalized spacial score (nSPS) is 26.7. The summed E-state index contributed by atoms with van der Waals surface area (Å²) in [6.07, 6.45) is 5.05. The van der Waals surface area contributed by atoms with Crippen molar-refractivity contribution >= 4 is 31.9 Å². The number of halogens is 2. The van der Waals surface area contributed by atoms with Crippen LogP contribution < -0.4 is 4.74 Å². The van der Waals surface area contributed by atoms with Gasteiger partial charge in [0, 0.05) is 9.30 Å². The van der Waals surface area contributed by atoms with Gasteiger partial charge >= 0.3 is 0 Å². The molecule has 0 bridgehead atoms. The van der Waals surface area contributed by atoms with Crippen LogP contribution in [0.15, 0.2) is 22.7 Å². The first-order chi connectivity index (χ1) is 9.81. The highest BCUT2D eigenvalue weighted by atomic mass is 79.9. The molecule has 0 heterocycles. The molecule has 0 N–H and O–H groups in total. The Morgan fingerprint density at radius 1 is 1.24 bits per heavy atom. The Bertz CT molecular complexity index is 479. The summed E-state index contributed by atoms with van der Waals surface area (Å²) in [6.45, 7) is 7.14. The van der Waals surface area contributed by atoms with Crippen LogP contribution in [0.1, 0.15) is 45.6 Å². The van der Waals surface area contributed by atoms with Gasteiger partial charge in [-0.05, 0) is 66.7 Å². The van der Waals surface area contributed by atoms with Crippen molar-refractivity contribution in [3.8, 4) is 5.75 Å². The van der Waals surface area contributed by atoms with Gasteiger partial charge in [0.2, 0.25) is 0 Å². The molecule has 1 saturated carbocycles. The predicted octanol–water partition coefficient (Wildman–Crippen LogP) is 6.23. The van der Waals surface area contributed by atoms with Crippen LogP contribution in [0.5, 0.6) is 5.75 Å². The second kappa shape index (κ2) is 7.04. The maximum Gasteiger partial charge on any atom is 0.119 e. The van der Waals surface area contributed by atoms with E-state index in [9.17, 15) is 0 Å². The topological polar surface area (TPSA) is 9.23 Å². The first-order valence-electron chi connectivity index (χ1n) is 7.77. The highest BCUT2D eigenvalue weighted by Gasteiger charge is 2.35. The van der Waals surface area contributed by atoms with E-state index in [2.05, 4.69) is 64.8 Å². The largest absolute Gasteiger partial charge is 0.497 e. The summed E-state index contributed by atoms with van der Waals surface area (Å²) in [5, 5.41) is 0. The van der Waals surface area contributed by atoms with Gasteiger partial charge in [-0.2, -0.15) is 0 Å². The minimum atomic E-state index is 0.414. The first kappa shape index (κ1) is 17.3. The zero-order valence-corrected chi connectivity index (χ0v) is 16.6. The van der Waals surface area contributed by atoms with E-state index in [-0.39, 0.29) is 0 Å². The molecule has 2 rings (SSSR count). The van der Waals surface area contributed by atoms with Crippen molar-refractivity contribution in [2.45, 2.75) is 51.3 Å². The molecule has 118 valence electrons. The summed E-state index contributed by atoms with van der Waals surface area (Å²) in [7, 11) is 1.73. The van der Waals surface area contributed by atoms with Gasteiger partial charge in [0.05, 0.1) is 7.11 Å². The highest BCUT2D eigenvalue weighted by Crippen LogP contribution is 2.44. The van der Waals surface area contributed by atoms with Gasteiger partial charge in [-0.15, -0.1) is 0 Å². The summed E-state index contributed by atoms with van der Waals surface area (Å²) in [4.78, 5) is 0.634. The number of methoxy groups -OCH3 is 1. The summed E-state index contributed by atoms with van der Waals surface area (Å²) in [5.41, 5.74) is 1.77. The van der Waals surface area contributed by atoms with E-state index >= 15 is 0 Å². The molecule has 21 heavy (non-hydrogen) atoms. The van der Waals surface area contributed by atoms with Gasteiger partial charge in [0.15, 0.2) is 0 Å². The monoisotopic (exact) mass is 416 g/mol. The van der Waals surface area contributed by atoms with Gasteiger partial charge in [-0.3, -0.25) is 0 Å². The average molecular weight is 418 g/mol. The van der Waals surface area contributed by atoms with Crippen LogP contribution in [0.2, 0.25) is 0 Å². The van der Waals surface area contributed by atoms with E-state index in [0.29, 0.717) is 16.2 Å². The van der Waals surface area contributed by atoms with Gasteiger partial charge in [-0.25, -0.2) is 0 Å². The molecule has 1 aromatic carbocycles. The van der Waals surface area contributed by atoms with Crippen molar-refractivity contribution < 1.29 is 4.74 Å². The molecular formula is C18H26Br2O. The van der Waals surface area contributed by atoms with Gasteiger partial charge in [-0.1, -0.05) is 52.6 Å². The summed E-state index contributed by atoms with van der Waals surface area (Å²) in [5.74, 6) is 2.47. The highest BCUT2D eigenvalue weighted by molar-refractivity contribution is 9.10. The zero-order chi connectivity index (χ0) is 15.6. The number of benzene rings is 1. The standard InChI is InChI=1S/C18H26Br2O/c1-18(2,3)14-5-7-16(19)12(10-14)9-13-11-15(21-4)6-8-17(13)20/h6,8,11-12,14,16H,5,7,9-10H2,1-4H3. The number of hydrogen-bond acceptors (Lipinski definition) is 1. The molecule has 0 aliphatic heterocycles. The van der Waals surface area contributed by atoms with Crippen LogP contribution >= 0.6 is 31.9 Å². The van der Waals surface area contributed by atoms with E-state index < -0.39 is 0 Å². The Morgan fingerprint density at radius 2 is 1.95 bits per heavy atom. The molecule has 0 saturated heterocycles. The Kier molecular flexibility index (Phi) is 5.81. The van der Waals surface area contributed by atoms with E-state index in [0.717, 1.165) is 18.1 Å². The van der Waals surface area contributed by atoms with Crippen LogP contribution in [-0.4, -0.2) is 11.9 Å². The van der Waals surface area contributed by atoms with Crippen molar-refractivity contribution in [3.05, 3.63) is 28.2 Å². The van der Waals surface area contributed by atoms with Crippen molar-refractivity contribution in [3.63, 3.8) is 0 Å². The van der Waals surface area contributed by atoms with E-state index in [4.69, 9.17) is 4.74 Å². The lowest BCUT2D eigenvalue weighted by molar-refractivity contribution is 0.146. The second-order valence-corrected chi connectivity index (χ2v) is 9.34. The third-order valence-electron chi connectivity index (χ3n) is 4.85. The van der Waals surface area contributed by atoms with Gasteiger partial charge in [0.1, 0.15) is 5.75 Å². The third kappa shape index (κ3) is 4.48. The summed E-state index contributed by atoms with van der Waals surface area (Å²) >= 11 is 7.61. The lowest BCUT2D eigenvalue weighted by Gasteiger charge is -2.40. The lowest BCUT2D eigenvalue weighted by atomic mass is 9.68. The Labute approximate surface area is 146 Å². The Balaban J connectivity index is 2.13. The maximum absolute atomic E-state index is 5.37. The molecule has 3 heteroatoms. The maximum atomic E-state index is 5.37. The van der Waals surface area contributed by atoms with Crippen molar-refractivity contribution in [2.24, 2.45) is 17.3 Å². The second-order valence-electron chi connectivity index (χ2n) is 7.31. The van der Waals surface area contributed by atoms with Crippen LogP contribution in [-0.2, 0) is 6.42 Å². The molecule has 3 unspecified atom stereocenters. The predicted molar refractivity (Wildman–Crippen MR) is 97.4 cm³/mol. The fourth-order valence-electron chi connectivity index (χ4n) is 3.34. The average Bonchev–Trinajstić information content (AvgIpc) is 2.42. The van der Waals surface area contributed by atoms with Gasteiger partial charge in [0.25, 0.3) is 0 Å². The molecule has 1 aromatic rings. The molecule has 1 nitrogen and oxygen atoms in total. The fourth-order valence-corrected chi connectivity index (χ4v) is 4.42. The molecule has 1 aliphatic carbocycles.